The lowest BCUT2D eigenvalue weighted by atomic mass is 10.00. The third-order valence-corrected chi connectivity index (χ3v) is 4.08. The van der Waals surface area contributed by atoms with Crippen molar-refractivity contribution >= 4 is 27.4 Å². The van der Waals surface area contributed by atoms with Gasteiger partial charge in [-0.3, -0.25) is 4.79 Å². The summed E-state index contributed by atoms with van der Waals surface area (Å²) in [6.45, 7) is 0. The van der Waals surface area contributed by atoms with E-state index in [0.717, 1.165) is 10.9 Å². The number of fused-ring (bicyclic) bond motifs is 1. The van der Waals surface area contributed by atoms with Crippen molar-refractivity contribution in [1.29, 1.82) is 0 Å². The van der Waals surface area contributed by atoms with Crippen molar-refractivity contribution in [3.8, 4) is 11.1 Å². The summed E-state index contributed by atoms with van der Waals surface area (Å²) in [7, 11) is 0.368. The Labute approximate surface area is 140 Å². The fraction of sp³-hybridized carbons (Fsp3) is 0.118. The molecule has 0 spiro atoms. The number of nitrogens with one attached hydrogen (secondary N) is 1. The molecule has 5 nitrogen and oxygen atoms in total. The molecule has 3 N–H and O–H groups in total. The van der Waals surface area contributed by atoms with Gasteiger partial charge in [0.1, 0.15) is 16.8 Å². The number of hydrogen-bond acceptors (Lipinski definition) is 2. The van der Waals surface area contributed by atoms with Crippen LogP contribution in [0.15, 0.2) is 53.5 Å². The highest BCUT2D eigenvalue weighted by molar-refractivity contribution is 7.85. The van der Waals surface area contributed by atoms with E-state index >= 15 is 0 Å². The summed E-state index contributed by atoms with van der Waals surface area (Å²) in [5.41, 5.74) is 1.68. The second-order valence-electron chi connectivity index (χ2n) is 5.29. The molecule has 0 fully saturated rings. The number of halogens is 1. The van der Waals surface area contributed by atoms with Crippen LogP contribution in [0.25, 0.3) is 21.9 Å². The first-order chi connectivity index (χ1) is 11.0. The molecule has 1 unspecified atom stereocenters. The van der Waals surface area contributed by atoms with Crippen LogP contribution in [0.1, 0.15) is 0 Å². The van der Waals surface area contributed by atoms with Gasteiger partial charge in [-0.15, -0.1) is 0 Å². The van der Waals surface area contributed by atoms with Crippen LogP contribution in [0.2, 0.25) is 0 Å². The van der Waals surface area contributed by atoms with Gasteiger partial charge in [0.15, 0.2) is 0 Å². The maximum absolute atomic E-state index is 13.9. The number of nitrogens with zero attached hydrogens (tertiary/aromatic N) is 1. The molecule has 0 aliphatic rings. The summed E-state index contributed by atoms with van der Waals surface area (Å²) in [5, 5.41) is 1.33. The first kappa shape index (κ1) is 17.8. The third kappa shape index (κ3) is 3.37. The maximum Gasteiger partial charge on any atom is 0.258 e. The highest BCUT2D eigenvalue weighted by Crippen LogP contribution is 2.29. The fourth-order valence-corrected chi connectivity index (χ4v) is 3.07. The third-order valence-electron chi connectivity index (χ3n) is 3.56. The zero-order chi connectivity index (χ0) is 16.6. The molecule has 0 aliphatic carbocycles. The van der Waals surface area contributed by atoms with E-state index in [9.17, 15) is 13.4 Å². The van der Waals surface area contributed by atoms with E-state index in [1.165, 1.54) is 23.0 Å². The molecule has 0 radical (unpaired) electrons. The number of aryl methyl sites for hydroxylation is 1. The Hall–Kier alpha value is -2.51. The van der Waals surface area contributed by atoms with E-state index in [1.54, 1.807) is 31.4 Å². The summed E-state index contributed by atoms with van der Waals surface area (Å²) >= 11 is 0. The minimum atomic E-state index is -1.30. The lowest BCUT2D eigenvalue weighted by Gasteiger charge is -2.11. The Balaban J connectivity index is 0.00000208. The number of hydrogen-bond donors (Lipinski definition) is 1. The van der Waals surface area contributed by atoms with Gasteiger partial charge in [0, 0.05) is 36.1 Å². The summed E-state index contributed by atoms with van der Waals surface area (Å²) in [6, 6.07) is 11.6. The molecule has 0 aliphatic heterocycles. The van der Waals surface area contributed by atoms with Gasteiger partial charge < -0.3 is 14.8 Å². The van der Waals surface area contributed by atoms with E-state index in [4.69, 9.17) is 0 Å². The highest BCUT2D eigenvalue weighted by Gasteiger charge is 2.11. The summed E-state index contributed by atoms with van der Waals surface area (Å²) in [6.07, 6.45) is 3.17. The molecule has 3 rings (SSSR count). The van der Waals surface area contributed by atoms with Crippen LogP contribution < -0.4 is 10.3 Å². The van der Waals surface area contributed by atoms with E-state index in [-0.39, 0.29) is 11.0 Å². The average Bonchev–Trinajstić information content (AvgIpc) is 2.49. The largest absolute Gasteiger partial charge is 0.412 e. The van der Waals surface area contributed by atoms with Crippen molar-refractivity contribution < 1.29 is 14.1 Å². The minimum absolute atomic E-state index is 0. The smallest absolute Gasteiger partial charge is 0.258 e. The molecule has 0 saturated heterocycles. The summed E-state index contributed by atoms with van der Waals surface area (Å²) in [5.74, 6) is -0.437. The molecule has 1 aromatic heterocycles. The lowest BCUT2D eigenvalue weighted by molar-refractivity contribution is 0.629. The van der Waals surface area contributed by atoms with Gasteiger partial charge in [-0.25, -0.2) is 8.60 Å². The Bertz CT molecular complexity index is 985. The highest BCUT2D eigenvalue weighted by atomic mass is 32.2. The molecule has 126 valence electrons. The van der Waals surface area contributed by atoms with Gasteiger partial charge in [-0.1, -0.05) is 18.2 Å². The van der Waals surface area contributed by atoms with Gasteiger partial charge >= 0.3 is 0 Å². The van der Waals surface area contributed by atoms with E-state index in [0.29, 0.717) is 16.6 Å². The molecule has 2 aromatic carbocycles. The van der Waals surface area contributed by atoms with Crippen molar-refractivity contribution in [2.75, 3.05) is 11.0 Å². The van der Waals surface area contributed by atoms with Gasteiger partial charge in [0.25, 0.3) is 5.56 Å². The fourth-order valence-electron chi connectivity index (χ4n) is 2.62. The molecule has 1 heterocycles. The van der Waals surface area contributed by atoms with E-state index in [2.05, 4.69) is 4.72 Å². The predicted octanol–water partition coefficient (Wildman–Crippen LogP) is 2.23. The second-order valence-corrected chi connectivity index (χ2v) is 6.40. The Morgan fingerprint density at radius 2 is 1.79 bits per heavy atom. The molecule has 1 atom stereocenters. The first-order valence-electron chi connectivity index (χ1n) is 6.95. The zero-order valence-corrected chi connectivity index (χ0v) is 14.0. The normalized spacial score (nSPS) is 11.8. The number of aromatic nitrogens is 1. The van der Waals surface area contributed by atoms with Gasteiger partial charge in [0.2, 0.25) is 0 Å². The van der Waals surface area contributed by atoms with Crippen molar-refractivity contribution in [2.45, 2.75) is 0 Å². The number of pyridine rings is 1. The molecule has 7 heteroatoms. The standard InChI is InChI=1S/C17H15FN2O2S.H2O/c1-20-10-16(14-5-3-4-6-15(14)17(20)21)11-7-12(18)9-13(8-11)19-23(2)22;/h3-10,19H,1-2H3;1H2. The van der Waals surface area contributed by atoms with Crippen LogP contribution in [0.3, 0.4) is 0 Å². The summed E-state index contributed by atoms with van der Waals surface area (Å²) < 4.78 is 29.4. The van der Waals surface area contributed by atoms with E-state index in [1.807, 2.05) is 12.1 Å². The van der Waals surface area contributed by atoms with Gasteiger partial charge in [0.05, 0.1) is 0 Å². The van der Waals surface area contributed by atoms with Crippen molar-refractivity contribution in [2.24, 2.45) is 7.05 Å². The Kier molecular flexibility index (Phi) is 5.16. The molecular formula is C17H17FN2O3S. The molecule has 24 heavy (non-hydrogen) atoms. The lowest BCUT2D eigenvalue weighted by Crippen LogP contribution is -2.16. The summed E-state index contributed by atoms with van der Waals surface area (Å²) in [4.78, 5) is 12.2. The maximum atomic E-state index is 13.9. The second kappa shape index (κ2) is 6.94. The van der Waals surface area contributed by atoms with E-state index < -0.39 is 16.8 Å². The number of rotatable bonds is 3. The molecular weight excluding hydrogens is 331 g/mol. The SMILES string of the molecule is Cn1cc(-c2cc(F)cc(NS(C)=O)c2)c2ccccc2c1=O.O. The van der Waals surface area contributed by atoms with Crippen molar-refractivity contribution in [3.05, 3.63) is 64.8 Å². The van der Waals surface area contributed by atoms with Crippen LogP contribution in [-0.4, -0.2) is 20.5 Å². The van der Waals surface area contributed by atoms with Gasteiger partial charge in [-0.05, 0) is 35.2 Å². The van der Waals surface area contributed by atoms with Crippen LogP contribution in [0.5, 0.6) is 0 Å². The number of benzene rings is 2. The Morgan fingerprint density at radius 3 is 2.46 bits per heavy atom. The minimum Gasteiger partial charge on any atom is -0.412 e. The topological polar surface area (TPSA) is 82.6 Å². The van der Waals surface area contributed by atoms with Crippen LogP contribution in [-0.2, 0) is 18.0 Å². The van der Waals surface area contributed by atoms with Crippen molar-refractivity contribution in [1.82, 2.24) is 4.57 Å². The van der Waals surface area contributed by atoms with Crippen LogP contribution in [0.4, 0.5) is 10.1 Å². The van der Waals surface area contributed by atoms with Crippen LogP contribution in [0, 0.1) is 5.82 Å². The first-order valence-corrected chi connectivity index (χ1v) is 8.51. The van der Waals surface area contributed by atoms with Crippen LogP contribution >= 0.6 is 0 Å². The number of anilines is 1. The molecule has 0 saturated carbocycles. The zero-order valence-electron chi connectivity index (χ0n) is 13.2. The molecule has 0 amide bonds. The quantitative estimate of drug-likeness (QED) is 0.787. The predicted molar refractivity (Wildman–Crippen MR) is 95.9 cm³/mol. The monoisotopic (exact) mass is 348 g/mol. The Morgan fingerprint density at radius 1 is 1.12 bits per heavy atom. The molecule has 0 bridgehead atoms. The average molecular weight is 348 g/mol. The van der Waals surface area contributed by atoms with Gasteiger partial charge in [-0.2, -0.15) is 0 Å². The molecule has 3 aromatic rings. The van der Waals surface area contributed by atoms with Crippen molar-refractivity contribution in [3.63, 3.8) is 0 Å².